The summed E-state index contributed by atoms with van der Waals surface area (Å²) in [5, 5.41) is 10.6. The summed E-state index contributed by atoms with van der Waals surface area (Å²) in [7, 11) is 3.39. The number of anilines is 3. The van der Waals surface area contributed by atoms with Crippen molar-refractivity contribution in [3.05, 3.63) is 36.4 Å². The largest absolute Gasteiger partial charge is 0.494 e. The van der Waals surface area contributed by atoms with Crippen LogP contribution < -0.4 is 15.4 Å². The number of benzene rings is 1. The van der Waals surface area contributed by atoms with Gasteiger partial charge in [-0.2, -0.15) is 5.10 Å². The van der Waals surface area contributed by atoms with E-state index in [1.54, 1.807) is 31.2 Å². The molecule has 1 unspecified atom stereocenters. The minimum absolute atomic E-state index is 0.202. The highest BCUT2D eigenvalue weighted by Gasteiger charge is 2.43. The van der Waals surface area contributed by atoms with Crippen LogP contribution in [0.25, 0.3) is 22.6 Å². The molecule has 0 bridgehead atoms. The summed E-state index contributed by atoms with van der Waals surface area (Å²) in [6.45, 7) is 2.57. The standard InChI is InChI=1S/C26H29FN8O3/c1-14-29-22-19(30-18-8-6-7-15(23(18)37-3)24-28-13-34(2)33-24)12-20(32-26(36)16-11-17(16)27)31-25(22)35(14)21-9-4-5-10-38-21/h6-8,12-13,16-17,21H,4-5,9-11H2,1-3H3,(H2,30,31,32,36)/t16-,17+,21?/m1/s1. The number of methoxy groups -OCH3 is 1. The van der Waals surface area contributed by atoms with Crippen LogP contribution in [0.15, 0.2) is 30.6 Å². The van der Waals surface area contributed by atoms with Gasteiger partial charge in [-0.3, -0.25) is 14.0 Å². The average Bonchev–Trinajstić information content (AvgIpc) is 3.33. The van der Waals surface area contributed by atoms with Crippen molar-refractivity contribution < 1.29 is 18.7 Å². The Balaban J connectivity index is 1.44. The Kier molecular flexibility index (Phi) is 6.18. The number of fused-ring (bicyclic) bond motifs is 1. The monoisotopic (exact) mass is 520 g/mol. The number of nitrogens with zero attached hydrogens (tertiary/aromatic N) is 6. The van der Waals surface area contributed by atoms with Gasteiger partial charge in [0, 0.05) is 19.7 Å². The molecule has 12 heteroatoms. The molecule has 6 rings (SSSR count). The fraction of sp³-hybridized carbons (Fsp3) is 0.423. The fourth-order valence-corrected chi connectivity index (χ4v) is 4.90. The lowest BCUT2D eigenvalue weighted by Gasteiger charge is -2.25. The van der Waals surface area contributed by atoms with Crippen LogP contribution in [0.3, 0.4) is 0 Å². The summed E-state index contributed by atoms with van der Waals surface area (Å²) in [6, 6.07) is 7.35. The Labute approximate surface area is 218 Å². The minimum atomic E-state index is -1.10. The Morgan fingerprint density at radius 3 is 2.76 bits per heavy atom. The van der Waals surface area contributed by atoms with E-state index in [4.69, 9.17) is 19.4 Å². The number of amides is 1. The number of pyridine rings is 1. The molecule has 3 aromatic heterocycles. The molecule has 11 nitrogen and oxygen atoms in total. The molecule has 1 saturated heterocycles. The van der Waals surface area contributed by atoms with Crippen molar-refractivity contribution in [1.82, 2.24) is 29.3 Å². The Hall–Kier alpha value is -4.06. The molecule has 4 heterocycles. The molecular formula is C26H29FN8O3. The summed E-state index contributed by atoms with van der Waals surface area (Å²) >= 11 is 0. The van der Waals surface area contributed by atoms with Gasteiger partial charge in [0.1, 0.15) is 35.9 Å². The van der Waals surface area contributed by atoms with Crippen molar-refractivity contribution in [3.63, 3.8) is 0 Å². The van der Waals surface area contributed by atoms with Gasteiger partial charge in [0.25, 0.3) is 0 Å². The van der Waals surface area contributed by atoms with Crippen molar-refractivity contribution in [2.75, 3.05) is 24.4 Å². The first-order valence-electron chi connectivity index (χ1n) is 12.7. The van der Waals surface area contributed by atoms with Gasteiger partial charge in [-0.15, -0.1) is 0 Å². The predicted octanol–water partition coefficient (Wildman–Crippen LogP) is 4.28. The molecule has 38 heavy (non-hydrogen) atoms. The zero-order valence-corrected chi connectivity index (χ0v) is 21.4. The summed E-state index contributed by atoms with van der Waals surface area (Å²) in [5.41, 5.74) is 3.18. The second-order valence-corrected chi connectivity index (χ2v) is 9.68. The first kappa shape index (κ1) is 24.3. The van der Waals surface area contributed by atoms with Gasteiger partial charge >= 0.3 is 0 Å². The smallest absolute Gasteiger partial charge is 0.231 e. The molecule has 0 radical (unpaired) electrons. The van der Waals surface area contributed by atoms with Crippen LogP contribution in [0.5, 0.6) is 5.75 Å². The highest BCUT2D eigenvalue weighted by Crippen LogP contribution is 2.40. The number of aryl methyl sites for hydroxylation is 2. The lowest BCUT2D eigenvalue weighted by atomic mass is 10.1. The van der Waals surface area contributed by atoms with Crippen molar-refractivity contribution in [2.24, 2.45) is 13.0 Å². The molecule has 3 atom stereocenters. The number of alkyl halides is 1. The van der Waals surface area contributed by atoms with Gasteiger partial charge < -0.3 is 20.1 Å². The molecule has 2 N–H and O–H groups in total. The zero-order chi connectivity index (χ0) is 26.4. The number of aromatic nitrogens is 6. The second kappa shape index (κ2) is 9.67. The number of hydrogen-bond donors (Lipinski definition) is 2. The summed E-state index contributed by atoms with van der Waals surface area (Å²) in [5.74, 6) is 1.12. The molecular weight excluding hydrogens is 491 g/mol. The van der Waals surface area contributed by atoms with E-state index in [1.807, 2.05) is 29.7 Å². The molecule has 1 aliphatic heterocycles. The van der Waals surface area contributed by atoms with Crippen LogP contribution in [0, 0.1) is 12.8 Å². The van der Waals surface area contributed by atoms with Crippen molar-refractivity contribution >= 4 is 34.3 Å². The van der Waals surface area contributed by atoms with E-state index < -0.39 is 12.1 Å². The first-order chi connectivity index (χ1) is 18.4. The SMILES string of the molecule is COc1c(Nc2cc(NC(=O)[C@@H]3C[C@@H]3F)nc3c2nc(C)n3C2CCCCO2)cccc1-c1ncn(C)n1. The molecule has 2 fully saturated rings. The lowest BCUT2D eigenvalue weighted by molar-refractivity contribution is -0.117. The van der Waals surface area contributed by atoms with Crippen LogP contribution in [0.2, 0.25) is 0 Å². The van der Waals surface area contributed by atoms with Crippen LogP contribution >= 0.6 is 0 Å². The van der Waals surface area contributed by atoms with E-state index in [1.165, 1.54) is 0 Å². The lowest BCUT2D eigenvalue weighted by Crippen LogP contribution is -2.20. The summed E-state index contributed by atoms with van der Waals surface area (Å²) in [4.78, 5) is 26.5. The molecule has 1 aliphatic carbocycles. The topological polar surface area (TPSA) is 121 Å². The summed E-state index contributed by atoms with van der Waals surface area (Å²) < 4.78 is 29.0. The van der Waals surface area contributed by atoms with Gasteiger partial charge in [0.15, 0.2) is 17.2 Å². The number of imidazole rings is 1. The maximum Gasteiger partial charge on any atom is 0.231 e. The van der Waals surface area contributed by atoms with Crippen molar-refractivity contribution in [2.45, 2.75) is 45.0 Å². The van der Waals surface area contributed by atoms with Gasteiger partial charge in [0.2, 0.25) is 5.91 Å². The van der Waals surface area contributed by atoms with Crippen LogP contribution in [0.4, 0.5) is 21.6 Å². The number of carbonyl (C=O) groups excluding carboxylic acids is 1. The van der Waals surface area contributed by atoms with Gasteiger partial charge in [-0.05, 0) is 44.7 Å². The number of halogens is 1. The third kappa shape index (κ3) is 4.44. The van der Waals surface area contributed by atoms with E-state index in [9.17, 15) is 9.18 Å². The molecule has 1 aromatic carbocycles. The normalized spacial score (nSPS) is 20.9. The third-order valence-corrected chi connectivity index (χ3v) is 6.90. The summed E-state index contributed by atoms with van der Waals surface area (Å²) in [6.07, 6.45) is 3.44. The number of nitrogens with one attached hydrogen (secondary N) is 2. The number of hydrogen-bond acceptors (Lipinski definition) is 8. The number of carbonyl (C=O) groups is 1. The fourth-order valence-electron chi connectivity index (χ4n) is 4.90. The maximum atomic E-state index is 13.6. The van der Waals surface area contributed by atoms with Gasteiger partial charge in [-0.1, -0.05) is 6.07 Å². The van der Waals surface area contributed by atoms with E-state index in [-0.39, 0.29) is 18.6 Å². The molecule has 1 saturated carbocycles. The van der Waals surface area contributed by atoms with E-state index in [0.29, 0.717) is 46.5 Å². The Morgan fingerprint density at radius 1 is 1.24 bits per heavy atom. The molecule has 4 aromatic rings. The molecule has 198 valence electrons. The maximum absolute atomic E-state index is 13.6. The number of para-hydroxylation sites is 1. The van der Waals surface area contributed by atoms with Crippen molar-refractivity contribution in [1.29, 1.82) is 0 Å². The second-order valence-electron chi connectivity index (χ2n) is 9.68. The predicted molar refractivity (Wildman–Crippen MR) is 139 cm³/mol. The van der Waals surface area contributed by atoms with Gasteiger partial charge in [-0.25, -0.2) is 19.3 Å². The number of ether oxygens (including phenoxy) is 2. The first-order valence-corrected chi connectivity index (χ1v) is 12.7. The van der Waals surface area contributed by atoms with Crippen LogP contribution in [-0.4, -0.2) is 55.1 Å². The Bertz CT molecular complexity index is 1510. The quantitative estimate of drug-likeness (QED) is 0.370. The third-order valence-electron chi connectivity index (χ3n) is 6.90. The highest BCUT2D eigenvalue weighted by molar-refractivity contribution is 5.98. The number of rotatable bonds is 7. The van der Waals surface area contributed by atoms with E-state index in [2.05, 4.69) is 20.7 Å². The molecule has 2 aliphatic rings. The zero-order valence-electron chi connectivity index (χ0n) is 21.4. The molecule has 0 spiro atoms. The highest BCUT2D eigenvalue weighted by atomic mass is 19.1. The Morgan fingerprint density at radius 2 is 2.08 bits per heavy atom. The van der Waals surface area contributed by atoms with Crippen LogP contribution in [-0.2, 0) is 16.6 Å². The molecule has 1 amide bonds. The minimum Gasteiger partial charge on any atom is -0.494 e. The van der Waals surface area contributed by atoms with Crippen molar-refractivity contribution in [3.8, 4) is 17.1 Å². The van der Waals surface area contributed by atoms with E-state index in [0.717, 1.165) is 30.7 Å². The average molecular weight is 521 g/mol. The van der Waals surface area contributed by atoms with E-state index >= 15 is 0 Å². The van der Waals surface area contributed by atoms with Crippen LogP contribution in [0.1, 0.15) is 37.7 Å². The van der Waals surface area contributed by atoms with Gasteiger partial charge in [0.05, 0.1) is 30.0 Å².